The Hall–Kier alpha value is -3.65. The Labute approximate surface area is 207 Å². The van der Waals surface area contributed by atoms with Crippen LogP contribution in [-0.2, 0) is 17.8 Å². The second kappa shape index (κ2) is 9.30. The number of ether oxygens (including phenoxy) is 1. The molecule has 3 aromatic carbocycles. The van der Waals surface area contributed by atoms with Gasteiger partial charge in [0.05, 0.1) is 38.5 Å². The number of fused-ring (bicyclic) bond motifs is 2. The van der Waals surface area contributed by atoms with Crippen LogP contribution < -0.4 is 0 Å². The van der Waals surface area contributed by atoms with Gasteiger partial charge in [0.1, 0.15) is 6.61 Å². The first kappa shape index (κ1) is 22.2. The molecule has 0 atom stereocenters. The molecule has 0 bridgehead atoms. The van der Waals surface area contributed by atoms with Gasteiger partial charge in [-0.3, -0.25) is 0 Å². The van der Waals surface area contributed by atoms with Crippen molar-refractivity contribution in [1.82, 2.24) is 4.98 Å². The lowest BCUT2D eigenvalue weighted by Gasteiger charge is -2.12. The van der Waals surface area contributed by atoms with E-state index < -0.39 is 0 Å². The fraction of sp³-hybridized carbons (Fsp3) is 0.107. The average molecular weight is 485 g/mol. The molecular formula is C28H18Cl2N2O2. The molecule has 0 spiro atoms. The largest absolute Gasteiger partial charge is 0.457 e. The van der Waals surface area contributed by atoms with Crippen molar-refractivity contribution < 1.29 is 9.53 Å². The molecule has 0 aliphatic heterocycles. The van der Waals surface area contributed by atoms with Crippen LogP contribution in [-0.4, -0.2) is 11.0 Å². The van der Waals surface area contributed by atoms with E-state index in [0.717, 1.165) is 45.3 Å². The number of para-hydroxylation sites is 1. The van der Waals surface area contributed by atoms with Crippen molar-refractivity contribution in [2.24, 2.45) is 0 Å². The predicted octanol–water partition coefficient (Wildman–Crippen LogP) is 7.26. The van der Waals surface area contributed by atoms with E-state index in [-0.39, 0.29) is 12.6 Å². The number of rotatable bonds is 4. The number of carbonyl (C=O) groups is 1. The number of hydrogen-bond donors (Lipinski definition) is 0. The summed E-state index contributed by atoms with van der Waals surface area (Å²) >= 11 is 12.3. The van der Waals surface area contributed by atoms with Crippen molar-refractivity contribution in [3.8, 4) is 6.07 Å². The molecule has 5 rings (SSSR count). The second-order valence-electron chi connectivity index (χ2n) is 8.06. The first-order valence-corrected chi connectivity index (χ1v) is 11.5. The molecule has 1 aromatic heterocycles. The smallest absolute Gasteiger partial charge is 0.339 e. The quantitative estimate of drug-likeness (QED) is 0.286. The molecule has 0 unspecified atom stereocenters. The summed E-state index contributed by atoms with van der Waals surface area (Å²) in [5.41, 5.74) is 6.37. The van der Waals surface area contributed by atoms with Crippen molar-refractivity contribution in [2.75, 3.05) is 0 Å². The van der Waals surface area contributed by atoms with Gasteiger partial charge in [-0.1, -0.05) is 59.6 Å². The first-order valence-electron chi connectivity index (χ1n) is 10.8. The number of pyridine rings is 1. The van der Waals surface area contributed by atoms with Gasteiger partial charge in [-0.25, -0.2) is 9.78 Å². The van der Waals surface area contributed by atoms with Gasteiger partial charge in [-0.15, -0.1) is 0 Å². The molecule has 0 saturated heterocycles. The van der Waals surface area contributed by atoms with Gasteiger partial charge in [-0.05, 0) is 71.5 Å². The Morgan fingerprint density at radius 1 is 1.03 bits per heavy atom. The topological polar surface area (TPSA) is 63.0 Å². The minimum absolute atomic E-state index is 0.127. The zero-order chi connectivity index (χ0) is 23.7. The molecule has 0 N–H and O–H groups in total. The molecule has 0 saturated carbocycles. The normalized spacial score (nSPS) is 13.6. The number of nitriles is 1. The number of halogens is 2. The molecule has 1 heterocycles. The first-order chi connectivity index (χ1) is 16.5. The average Bonchev–Trinajstić information content (AvgIpc) is 3.25. The number of esters is 1. The summed E-state index contributed by atoms with van der Waals surface area (Å²) in [6, 6.07) is 22.2. The summed E-state index contributed by atoms with van der Waals surface area (Å²) in [5, 5.41) is 10.7. The van der Waals surface area contributed by atoms with E-state index in [1.165, 1.54) is 0 Å². The molecule has 166 valence electrons. The highest BCUT2D eigenvalue weighted by atomic mass is 35.5. The predicted molar refractivity (Wildman–Crippen MR) is 135 cm³/mol. The lowest BCUT2D eigenvalue weighted by atomic mass is 10.0. The van der Waals surface area contributed by atoms with Crippen molar-refractivity contribution in [3.63, 3.8) is 0 Å². The Morgan fingerprint density at radius 2 is 1.82 bits per heavy atom. The Bertz CT molecular complexity index is 1500. The maximum absolute atomic E-state index is 13.3. The van der Waals surface area contributed by atoms with Crippen molar-refractivity contribution in [2.45, 2.75) is 19.4 Å². The van der Waals surface area contributed by atoms with Crippen LogP contribution in [0.15, 0.2) is 66.7 Å². The number of carbonyl (C=O) groups excluding carboxylic acids is 1. The van der Waals surface area contributed by atoms with E-state index in [0.29, 0.717) is 27.6 Å². The van der Waals surface area contributed by atoms with Gasteiger partial charge in [0.2, 0.25) is 0 Å². The molecule has 4 nitrogen and oxygen atoms in total. The minimum atomic E-state index is -0.380. The fourth-order valence-electron chi connectivity index (χ4n) is 4.21. The van der Waals surface area contributed by atoms with Crippen LogP contribution in [0.2, 0.25) is 10.0 Å². The van der Waals surface area contributed by atoms with E-state index >= 15 is 0 Å². The number of nitrogens with zero attached hydrogens (tertiary/aromatic N) is 2. The summed E-state index contributed by atoms with van der Waals surface area (Å²) in [7, 11) is 0. The molecule has 34 heavy (non-hydrogen) atoms. The standard InChI is InChI=1S/C28H18Cl2N2O2/c29-23-12-9-19(14-24(23)30)13-20-10-11-22-26(21-3-1-2-4-25(21)32-27(20)22)28(33)34-16-18-7-5-17(15-31)6-8-18/h1-9,12-14H,10-11,16H2. The highest BCUT2D eigenvalue weighted by molar-refractivity contribution is 6.42. The van der Waals surface area contributed by atoms with Gasteiger partial charge in [0.25, 0.3) is 0 Å². The summed E-state index contributed by atoms with van der Waals surface area (Å²) in [6.45, 7) is 0.127. The molecular weight excluding hydrogens is 467 g/mol. The highest BCUT2D eigenvalue weighted by Gasteiger charge is 2.27. The minimum Gasteiger partial charge on any atom is -0.457 e. The van der Waals surface area contributed by atoms with E-state index in [4.69, 9.17) is 38.2 Å². The number of aromatic nitrogens is 1. The maximum Gasteiger partial charge on any atom is 0.339 e. The van der Waals surface area contributed by atoms with Gasteiger partial charge in [0.15, 0.2) is 0 Å². The Balaban J connectivity index is 1.52. The third-order valence-corrected chi connectivity index (χ3v) is 6.62. The van der Waals surface area contributed by atoms with Gasteiger partial charge in [0, 0.05) is 5.39 Å². The molecule has 4 aromatic rings. The molecule has 1 aliphatic rings. The van der Waals surface area contributed by atoms with Gasteiger partial charge in [-0.2, -0.15) is 5.26 Å². The zero-order valence-electron chi connectivity index (χ0n) is 18.0. The number of hydrogen-bond acceptors (Lipinski definition) is 4. The molecule has 0 amide bonds. The summed E-state index contributed by atoms with van der Waals surface area (Å²) < 4.78 is 5.70. The SMILES string of the molecule is N#Cc1ccc(COC(=O)c2c3c(nc4ccccc24)C(=Cc2ccc(Cl)c(Cl)c2)CC3)cc1. The van der Waals surface area contributed by atoms with E-state index in [2.05, 4.69) is 6.07 Å². The zero-order valence-corrected chi connectivity index (χ0v) is 19.5. The molecule has 1 aliphatic carbocycles. The number of benzene rings is 3. The van der Waals surface area contributed by atoms with Gasteiger partial charge >= 0.3 is 5.97 Å². The van der Waals surface area contributed by atoms with Crippen molar-refractivity contribution in [3.05, 3.63) is 110 Å². The fourth-order valence-corrected chi connectivity index (χ4v) is 4.52. The van der Waals surface area contributed by atoms with Crippen LogP contribution in [0.25, 0.3) is 22.6 Å². The lowest BCUT2D eigenvalue weighted by molar-refractivity contribution is 0.0474. The maximum atomic E-state index is 13.3. The summed E-state index contributed by atoms with van der Waals surface area (Å²) in [6.07, 6.45) is 3.50. The lowest BCUT2D eigenvalue weighted by Crippen LogP contribution is -2.10. The highest BCUT2D eigenvalue weighted by Crippen LogP contribution is 2.38. The molecule has 6 heteroatoms. The van der Waals surface area contributed by atoms with Crippen LogP contribution in [0.1, 0.15) is 44.7 Å². The van der Waals surface area contributed by atoms with Crippen LogP contribution >= 0.6 is 23.2 Å². The van der Waals surface area contributed by atoms with Gasteiger partial charge < -0.3 is 4.74 Å². The van der Waals surface area contributed by atoms with Crippen LogP contribution in [0, 0.1) is 11.3 Å². The molecule has 0 radical (unpaired) electrons. The van der Waals surface area contributed by atoms with Crippen LogP contribution in [0.3, 0.4) is 0 Å². The van der Waals surface area contributed by atoms with Crippen molar-refractivity contribution >= 4 is 51.7 Å². The van der Waals surface area contributed by atoms with Crippen LogP contribution in [0.5, 0.6) is 0 Å². The Morgan fingerprint density at radius 3 is 2.59 bits per heavy atom. The second-order valence-corrected chi connectivity index (χ2v) is 8.87. The monoisotopic (exact) mass is 484 g/mol. The summed E-state index contributed by atoms with van der Waals surface area (Å²) in [4.78, 5) is 18.2. The van der Waals surface area contributed by atoms with Crippen LogP contribution in [0.4, 0.5) is 0 Å². The van der Waals surface area contributed by atoms with Crippen molar-refractivity contribution in [1.29, 1.82) is 5.26 Å². The van der Waals surface area contributed by atoms with E-state index in [9.17, 15) is 4.79 Å². The number of allylic oxidation sites excluding steroid dienone is 1. The Kier molecular flexibility index (Phi) is 6.06. The van der Waals surface area contributed by atoms with E-state index in [1.54, 1.807) is 30.3 Å². The third kappa shape index (κ3) is 4.28. The molecule has 0 fully saturated rings. The summed E-state index contributed by atoms with van der Waals surface area (Å²) in [5.74, 6) is -0.380. The van der Waals surface area contributed by atoms with E-state index in [1.807, 2.05) is 42.5 Å². The third-order valence-electron chi connectivity index (χ3n) is 5.88.